The second-order valence-electron chi connectivity index (χ2n) is 6.58. The number of aromatic nitrogens is 5. The topological polar surface area (TPSA) is 99.7 Å². The molecule has 0 aromatic carbocycles. The van der Waals surface area contributed by atoms with E-state index in [-0.39, 0.29) is 17.5 Å². The van der Waals surface area contributed by atoms with Crippen molar-refractivity contribution in [2.75, 3.05) is 13.1 Å². The number of aromatic amines is 2. The van der Waals surface area contributed by atoms with Crippen molar-refractivity contribution in [3.8, 4) is 0 Å². The molecule has 3 heterocycles. The largest absolute Gasteiger partial charge is 0.343 e. The van der Waals surface area contributed by atoms with Gasteiger partial charge in [-0.15, -0.1) is 0 Å². The van der Waals surface area contributed by atoms with E-state index in [4.69, 9.17) is 0 Å². The smallest absolute Gasteiger partial charge is 0.337 e. The summed E-state index contributed by atoms with van der Waals surface area (Å²) in [6.45, 7) is 3.91. The van der Waals surface area contributed by atoms with Crippen LogP contribution >= 0.6 is 0 Å². The van der Waals surface area contributed by atoms with Crippen molar-refractivity contribution >= 4 is 5.91 Å². The van der Waals surface area contributed by atoms with Crippen molar-refractivity contribution in [2.45, 2.75) is 51.5 Å². The first-order valence-electron chi connectivity index (χ1n) is 8.69. The molecule has 0 radical (unpaired) electrons. The summed E-state index contributed by atoms with van der Waals surface area (Å²) in [6, 6.07) is 0. The maximum absolute atomic E-state index is 12.8. The van der Waals surface area contributed by atoms with Gasteiger partial charge in [-0.25, -0.2) is 9.89 Å². The lowest BCUT2D eigenvalue weighted by Crippen LogP contribution is -2.39. The van der Waals surface area contributed by atoms with E-state index >= 15 is 0 Å². The standard InChI is InChI=1S/C16H22N6O2/c1-2-22-14(19-20-16(22)24)10-6-8-21(9-7-10)15(23)13-11-4-3-5-12(11)17-18-13/h10H,2-9H2,1H3,(H,17,18)(H,20,24). The van der Waals surface area contributed by atoms with Crippen LogP contribution in [0.2, 0.25) is 0 Å². The first-order valence-corrected chi connectivity index (χ1v) is 8.69. The number of hydrogen-bond donors (Lipinski definition) is 2. The molecule has 24 heavy (non-hydrogen) atoms. The highest BCUT2D eigenvalue weighted by atomic mass is 16.2. The van der Waals surface area contributed by atoms with Gasteiger partial charge >= 0.3 is 5.69 Å². The van der Waals surface area contributed by atoms with Crippen LogP contribution in [0.5, 0.6) is 0 Å². The molecule has 4 rings (SSSR count). The fourth-order valence-electron chi connectivity index (χ4n) is 3.93. The third kappa shape index (κ3) is 2.37. The number of likely N-dealkylation sites (tertiary alicyclic amines) is 1. The summed E-state index contributed by atoms with van der Waals surface area (Å²) in [5, 5.41) is 14.0. The molecule has 1 aliphatic carbocycles. The van der Waals surface area contributed by atoms with Crippen LogP contribution in [0.1, 0.15) is 59.7 Å². The molecule has 128 valence electrons. The van der Waals surface area contributed by atoms with Gasteiger partial charge in [0.2, 0.25) is 0 Å². The van der Waals surface area contributed by atoms with E-state index in [1.807, 2.05) is 11.8 Å². The molecule has 8 heteroatoms. The normalized spacial score (nSPS) is 18.1. The Labute approximate surface area is 139 Å². The minimum Gasteiger partial charge on any atom is -0.337 e. The van der Waals surface area contributed by atoms with Crippen LogP contribution < -0.4 is 5.69 Å². The predicted octanol–water partition coefficient (Wildman–Crippen LogP) is 0.823. The molecule has 0 unspecified atom stereocenters. The molecular weight excluding hydrogens is 308 g/mol. The third-order valence-electron chi connectivity index (χ3n) is 5.26. The molecule has 2 aromatic rings. The lowest BCUT2D eigenvalue weighted by atomic mass is 9.95. The minimum atomic E-state index is -0.155. The van der Waals surface area contributed by atoms with Crippen LogP contribution in [0, 0.1) is 0 Å². The summed E-state index contributed by atoms with van der Waals surface area (Å²) in [5.74, 6) is 1.07. The van der Waals surface area contributed by atoms with Crippen molar-refractivity contribution < 1.29 is 4.79 Å². The summed E-state index contributed by atoms with van der Waals surface area (Å²) < 4.78 is 1.68. The van der Waals surface area contributed by atoms with Crippen LogP contribution in [0.15, 0.2) is 4.79 Å². The summed E-state index contributed by atoms with van der Waals surface area (Å²) in [5.41, 5.74) is 2.68. The van der Waals surface area contributed by atoms with Crippen LogP contribution in [0.3, 0.4) is 0 Å². The number of rotatable bonds is 3. The maximum Gasteiger partial charge on any atom is 0.343 e. The Morgan fingerprint density at radius 3 is 2.75 bits per heavy atom. The molecule has 2 aliphatic rings. The zero-order valence-electron chi connectivity index (χ0n) is 13.8. The van der Waals surface area contributed by atoms with E-state index in [2.05, 4.69) is 20.4 Å². The molecule has 0 saturated carbocycles. The van der Waals surface area contributed by atoms with Crippen LogP contribution in [0.25, 0.3) is 0 Å². The number of H-pyrrole nitrogens is 2. The van der Waals surface area contributed by atoms with Crippen LogP contribution in [-0.4, -0.2) is 48.9 Å². The van der Waals surface area contributed by atoms with Crippen molar-refractivity contribution in [2.24, 2.45) is 0 Å². The number of nitrogens with one attached hydrogen (secondary N) is 2. The third-order valence-corrected chi connectivity index (χ3v) is 5.26. The number of carbonyl (C=O) groups excluding carboxylic acids is 1. The Kier molecular flexibility index (Phi) is 3.74. The van der Waals surface area contributed by atoms with Crippen molar-refractivity contribution in [3.63, 3.8) is 0 Å². The van der Waals surface area contributed by atoms with Crippen LogP contribution in [-0.2, 0) is 19.4 Å². The molecule has 1 fully saturated rings. The van der Waals surface area contributed by atoms with Gasteiger partial charge in [0.25, 0.3) is 5.91 Å². The molecule has 0 atom stereocenters. The Balaban J connectivity index is 1.46. The number of fused-ring (bicyclic) bond motifs is 1. The number of aryl methyl sites for hydroxylation is 1. The predicted molar refractivity (Wildman–Crippen MR) is 87.0 cm³/mol. The van der Waals surface area contributed by atoms with Gasteiger partial charge in [-0.1, -0.05) is 0 Å². The fraction of sp³-hybridized carbons (Fsp3) is 0.625. The van der Waals surface area contributed by atoms with Gasteiger partial charge in [0, 0.05) is 36.8 Å². The van der Waals surface area contributed by atoms with Crippen molar-refractivity contribution in [3.05, 3.63) is 33.3 Å². The number of piperidine rings is 1. The Morgan fingerprint density at radius 1 is 1.21 bits per heavy atom. The summed E-state index contributed by atoms with van der Waals surface area (Å²) in [6.07, 6.45) is 4.68. The van der Waals surface area contributed by atoms with Crippen molar-refractivity contribution in [1.82, 2.24) is 29.9 Å². The van der Waals surface area contributed by atoms with Crippen molar-refractivity contribution in [1.29, 1.82) is 0 Å². The number of amides is 1. The van der Waals surface area contributed by atoms with Gasteiger partial charge in [-0.3, -0.25) is 14.5 Å². The first-order chi connectivity index (χ1) is 11.7. The highest BCUT2D eigenvalue weighted by molar-refractivity contribution is 5.94. The second-order valence-corrected chi connectivity index (χ2v) is 6.58. The van der Waals surface area contributed by atoms with E-state index in [9.17, 15) is 9.59 Å². The molecule has 0 spiro atoms. The summed E-state index contributed by atoms with van der Waals surface area (Å²) in [4.78, 5) is 26.4. The monoisotopic (exact) mass is 330 g/mol. The van der Waals surface area contributed by atoms with Gasteiger partial charge in [0.05, 0.1) is 0 Å². The van der Waals surface area contributed by atoms with E-state index in [0.717, 1.165) is 49.2 Å². The maximum atomic E-state index is 12.8. The van der Waals surface area contributed by atoms with E-state index in [1.54, 1.807) is 4.57 Å². The first kappa shape index (κ1) is 15.2. The van der Waals surface area contributed by atoms with Gasteiger partial charge < -0.3 is 4.90 Å². The molecule has 2 N–H and O–H groups in total. The molecule has 1 aliphatic heterocycles. The lowest BCUT2D eigenvalue weighted by molar-refractivity contribution is 0.0703. The summed E-state index contributed by atoms with van der Waals surface area (Å²) in [7, 11) is 0. The molecule has 1 saturated heterocycles. The number of carbonyl (C=O) groups is 1. The van der Waals surface area contributed by atoms with E-state index in [0.29, 0.717) is 25.3 Å². The van der Waals surface area contributed by atoms with Gasteiger partial charge in [-0.2, -0.15) is 10.2 Å². The van der Waals surface area contributed by atoms with Gasteiger partial charge in [0.1, 0.15) is 5.82 Å². The minimum absolute atomic E-state index is 0.0303. The number of hydrogen-bond acceptors (Lipinski definition) is 4. The zero-order valence-corrected chi connectivity index (χ0v) is 13.8. The molecular formula is C16H22N6O2. The Morgan fingerprint density at radius 2 is 2.00 bits per heavy atom. The van der Waals surface area contributed by atoms with E-state index in [1.165, 1.54) is 0 Å². The van der Waals surface area contributed by atoms with Crippen LogP contribution in [0.4, 0.5) is 0 Å². The van der Waals surface area contributed by atoms with Gasteiger partial charge in [-0.05, 0) is 39.0 Å². The average Bonchev–Trinajstić information content (AvgIpc) is 3.29. The van der Waals surface area contributed by atoms with E-state index < -0.39 is 0 Å². The highest BCUT2D eigenvalue weighted by Crippen LogP contribution is 2.28. The lowest BCUT2D eigenvalue weighted by Gasteiger charge is -2.31. The summed E-state index contributed by atoms with van der Waals surface area (Å²) >= 11 is 0. The van der Waals surface area contributed by atoms with Gasteiger partial charge in [0.15, 0.2) is 5.69 Å². The zero-order chi connectivity index (χ0) is 16.7. The molecule has 1 amide bonds. The quantitative estimate of drug-likeness (QED) is 0.870. The Hall–Kier alpha value is -2.38. The molecule has 2 aromatic heterocycles. The highest BCUT2D eigenvalue weighted by Gasteiger charge is 2.31. The Bertz CT molecular complexity index is 809. The molecule has 8 nitrogen and oxygen atoms in total. The number of nitrogens with zero attached hydrogens (tertiary/aromatic N) is 4. The molecule has 0 bridgehead atoms. The average molecular weight is 330 g/mol. The second kappa shape index (κ2) is 5.92. The fourth-order valence-corrected chi connectivity index (χ4v) is 3.93. The SMILES string of the molecule is CCn1c(C2CCN(C(=O)c3n[nH]c4c3CCC4)CC2)n[nH]c1=O.